The summed E-state index contributed by atoms with van der Waals surface area (Å²) in [4.78, 5) is 15.8. The average Bonchev–Trinajstić information content (AvgIpc) is 2.81. The number of benzene rings is 3. The fourth-order valence-electron chi connectivity index (χ4n) is 4.21. The first-order chi connectivity index (χ1) is 15.7. The highest BCUT2D eigenvalue weighted by Crippen LogP contribution is 2.41. The average molecular weight is 446 g/mol. The summed E-state index contributed by atoms with van der Waals surface area (Å²) in [6.07, 6.45) is -1.03. The molecule has 0 bridgehead atoms. The van der Waals surface area contributed by atoms with Gasteiger partial charge in [0.1, 0.15) is 11.5 Å². The van der Waals surface area contributed by atoms with Crippen LogP contribution in [0, 0.1) is 5.92 Å². The second kappa shape index (κ2) is 10.8. The minimum absolute atomic E-state index is 0.00400. The molecule has 0 saturated carbocycles. The molecule has 0 aromatic heterocycles. The van der Waals surface area contributed by atoms with Crippen molar-refractivity contribution in [3.8, 4) is 0 Å². The minimum Gasteiger partial charge on any atom is -0.460 e. The number of nitrogens with zero attached hydrogens (tertiary/aromatic N) is 1. The fraction of sp³-hybridized carbons (Fsp3) is 0.345. The van der Waals surface area contributed by atoms with Crippen LogP contribution in [0.5, 0.6) is 0 Å². The summed E-state index contributed by atoms with van der Waals surface area (Å²) < 4.78 is 5.85. The van der Waals surface area contributed by atoms with Crippen LogP contribution in [0.1, 0.15) is 62.6 Å². The lowest BCUT2D eigenvalue weighted by Gasteiger charge is -2.40. The minimum atomic E-state index is -1.03. The van der Waals surface area contributed by atoms with E-state index < -0.39 is 29.6 Å². The van der Waals surface area contributed by atoms with Crippen LogP contribution < -0.4 is 0 Å². The molecule has 174 valence electrons. The molecule has 0 heterocycles. The van der Waals surface area contributed by atoms with Crippen LogP contribution >= 0.6 is 0 Å². The van der Waals surface area contributed by atoms with Crippen LogP contribution in [0.4, 0.5) is 0 Å². The van der Waals surface area contributed by atoms with E-state index in [2.05, 4.69) is 24.0 Å². The molecule has 3 rings (SSSR count). The van der Waals surface area contributed by atoms with Crippen LogP contribution in [-0.2, 0) is 9.53 Å². The number of carbonyl (C=O) groups excluding carboxylic acids is 1. The Balaban J connectivity index is 2.11. The lowest BCUT2D eigenvalue weighted by Crippen LogP contribution is -2.42. The number of aliphatic hydroxyl groups is 1. The maximum Gasteiger partial charge on any atom is 0.314 e. The van der Waals surface area contributed by atoms with Gasteiger partial charge in [-0.1, -0.05) is 91.0 Å². The zero-order chi connectivity index (χ0) is 24.0. The second-order valence-electron chi connectivity index (χ2n) is 9.52. The van der Waals surface area contributed by atoms with Crippen molar-refractivity contribution in [2.75, 3.05) is 7.05 Å². The molecular formula is C29H35NO3. The predicted octanol–water partition coefficient (Wildman–Crippen LogP) is 6.11. The lowest BCUT2D eigenvalue weighted by atomic mass is 9.83. The molecule has 3 aromatic carbocycles. The summed E-state index contributed by atoms with van der Waals surface area (Å²) in [6, 6.07) is 29.0. The van der Waals surface area contributed by atoms with Gasteiger partial charge in [0.05, 0.1) is 12.1 Å². The monoisotopic (exact) mass is 445 g/mol. The van der Waals surface area contributed by atoms with E-state index in [1.165, 1.54) is 0 Å². The summed E-state index contributed by atoms with van der Waals surface area (Å²) in [5.41, 5.74) is 2.11. The highest BCUT2D eigenvalue weighted by molar-refractivity contribution is 5.75. The van der Waals surface area contributed by atoms with Gasteiger partial charge in [0, 0.05) is 6.04 Å². The molecule has 0 fully saturated rings. The Morgan fingerprint density at radius 3 is 1.67 bits per heavy atom. The van der Waals surface area contributed by atoms with Crippen molar-refractivity contribution in [1.29, 1.82) is 0 Å². The van der Waals surface area contributed by atoms with E-state index >= 15 is 0 Å². The molecule has 0 unspecified atom stereocenters. The lowest BCUT2D eigenvalue weighted by molar-refractivity contribution is -0.168. The highest BCUT2D eigenvalue weighted by Gasteiger charge is 2.42. The molecule has 0 spiro atoms. The molecule has 0 aliphatic heterocycles. The molecule has 3 aromatic rings. The first-order valence-electron chi connectivity index (χ1n) is 11.5. The molecule has 0 saturated heterocycles. The van der Waals surface area contributed by atoms with Crippen molar-refractivity contribution in [2.45, 2.75) is 51.5 Å². The zero-order valence-electron chi connectivity index (χ0n) is 20.2. The second-order valence-corrected chi connectivity index (χ2v) is 9.52. The molecule has 4 atom stereocenters. The Morgan fingerprint density at radius 2 is 1.21 bits per heavy atom. The Kier molecular flexibility index (Phi) is 8.06. The first-order valence-corrected chi connectivity index (χ1v) is 11.5. The first kappa shape index (κ1) is 24.7. The van der Waals surface area contributed by atoms with Crippen molar-refractivity contribution < 1.29 is 14.6 Å². The number of rotatable bonds is 8. The van der Waals surface area contributed by atoms with Crippen molar-refractivity contribution in [3.63, 3.8) is 0 Å². The molecule has 33 heavy (non-hydrogen) atoms. The van der Waals surface area contributed by atoms with E-state index in [1.54, 1.807) is 0 Å². The quantitative estimate of drug-likeness (QED) is 0.425. The van der Waals surface area contributed by atoms with Crippen molar-refractivity contribution >= 4 is 5.97 Å². The Bertz CT molecular complexity index is 999. The van der Waals surface area contributed by atoms with E-state index in [1.807, 2.05) is 107 Å². The van der Waals surface area contributed by atoms with Gasteiger partial charge >= 0.3 is 5.97 Å². The van der Waals surface area contributed by atoms with Crippen LogP contribution in [0.3, 0.4) is 0 Å². The summed E-state index contributed by atoms with van der Waals surface area (Å²) in [7, 11) is 2.00. The van der Waals surface area contributed by atoms with Gasteiger partial charge in [0.15, 0.2) is 0 Å². The number of hydrogen-bond donors (Lipinski definition) is 1. The van der Waals surface area contributed by atoms with E-state index in [0.717, 1.165) is 11.1 Å². The maximum absolute atomic E-state index is 13.6. The number of hydrogen-bond acceptors (Lipinski definition) is 4. The Hall–Kier alpha value is -2.95. The van der Waals surface area contributed by atoms with E-state index in [4.69, 9.17) is 4.74 Å². The summed E-state index contributed by atoms with van der Waals surface area (Å²) in [6.45, 7) is 7.67. The molecule has 0 amide bonds. The molecule has 4 nitrogen and oxygen atoms in total. The van der Waals surface area contributed by atoms with Crippen molar-refractivity contribution in [1.82, 2.24) is 4.90 Å². The molecular weight excluding hydrogens is 410 g/mol. The Labute approximate surface area is 197 Å². The highest BCUT2D eigenvalue weighted by atomic mass is 16.6. The van der Waals surface area contributed by atoms with Crippen LogP contribution in [0.15, 0.2) is 91.0 Å². The van der Waals surface area contributed by atoms with Gasteiger partial charge < -0.3 is 9.84 Å². The number of aliphatic hydroxyl groups excluding tert-OH is 1. The standard InChI is InChI=1S/C29H35NO3/c1-21(22-15-9-6-10-16-22)30(5)26(23-17-11-7-12-18-23)25(28(32)33-29(2,3)4)27(31)24-19-13-8-14-20-24/h6-21,25-27,31H,1-5H3/t21-,25+,26-,27+/m1/s1. The summed E-state index contributed by atoms with van der Waals surface area (Å²) in [5, 5.41) is 11.6. The largest absolute Gasteiger partial charge is 0.460 e. The smallest absolute Gasteiger partial charge is 0.314 e. The van der Waals surface area contributed by atoms with Crippen molar-refractivity contribution in [2.24, 2.45) is 5.92 Å². The van der Waals surface area contributed by atoms with E-state index in [0.29, 0.717) is 5.56 Å². The van der Waals surface area contributed by atoms with Gasteiger partial charge in [-0.3, -0.25) is 9.69 Å². The van der Waals surface area contributed by atoms with Gasteiger partial charge in [-0.25, -0.2) is 0 Å². The molecule has 1 N–H and O–H groups in total. The van der Waals surface area contributed by atoms with Gasteiger partial charge in [-0.2, -0.15) is 0 Å². The SMILES string of the molecule is C[C@H](c1ccccc1)N(C)[C@H](c1ccccc1)[C@H](C(=O)OC(C)(C)C)[C@@H](O)c1ccccc1. The summed E-state index contributed by atoms with van der Waals surface area (Å²) in [5.74, 6) is -1.25. The normalized spacial score (nSPS) is 15.5. The Morgan fingerprint density at radius 1 is 0.788 bits per heavy atom. The molecule has 0 aliphatic rings. The molecule has 4 heteroatoms. The molecule has 0 aliphatic carbocycles. The zero-order valence-corrected chi connectivity index (χ0v) is 20.2. The number of esters is 1. The van der Waals surface area contributed by atoms with E-state index in [-0.39, 0.29) is 6.04 Å². The van der Waals surface area contributed by atoms with E-state index in [9.17, 15) is 9.90 Å². The third-order valence-corrected chi connectivity index (χ3v) is 5.97. The van der Waals surface area contributed by atoms with Crippen LogP contribution in [-0.4, -0.2) is 28.6 Å². The predicted molar refractivity (Wildman–Crippen MR) is 133 cm³/mol. The van der Waals surface area contributed by atoms with Gasteiger partial charge in [0.25, 0.3) is 0 Å². The maximum atomic E-state index is 13.6. The third kappa shape index (κ3) is 6.31. The van der Waals surface area contributed by atoms with Crippen LogP contribution in [0.25, 0.3) is 0 Å². The number of carbonyl (C=O) groups is 1. The fourth-order valence-corrected chi connectivity index (χ4v) is 4.21. The van der Waals surface area contributed by atoms with Crippen LogP contribution in [0.2, 0.25) is 0 Å². The molecule has 0 radical (unpaired) electrons. The van der Waals surface area contributed by atoms with Gasteiger partial charge in [-0.05, 0) is 51.4 Å². The van der Waals surface area contributed by atoms with Gasteiger partial charge in [-0.15, -0.1) is 0 Å². The van der Waals surface area contributed by atoms with Gasteiger partial charge in [0.2, 0.25) is 0 Å². The summed E-state index contributed by atoms with van der Waals surface area (Å²) >= 11 is 0. The third-order valence-electron chi connectivity index (χ3n) is 5.97. The topological polar surface area (TPSA) is 49.8 Å². The van der Waals surface area contributed by atoms with Crippen molar-refractivity contribution in [3.05, 3.63) is 108 Å². The number of ether oxygens (including phenoxy) is 1.